The number of carbonyl (C=O) groups is 1. The van der Waals surface area contributed by atoms with Crippen molar-refractivity contribution in [1.29, 1.82) is 0 Å². The summed E-state index contributed by atoms with van der Waals surface area (Å²) in [7, 11) is -1.76. The molecule has 1 saturated carbocycles. The van der Waals surface area contributed by atoms with E-state index in [9.17, 15) is 13.2 Å². The van der Waals surface area contributed by atoms with Crippen LogP contribution < -0.4 is 5.32 Å². The van der Waals surface area contributed by atoms with Gasteiger partial charge in [-0.1, -0.05) is 19.3 Å². The third-order valence-corrected chi connectivity index (χ3v) is 7.36. The molecule has 0 atom stereocenters. The topological polar surface area (TPSA) is 71.4 Å². The highest BCUT2D eigenvalue weighted by molar-refractivity contribution is 7.89. The van der Waals surface area contributed by atoms with Crippen LogP contribution in [0.2, 0.25) is 0 Å². The molecule has 2 fully saturated rings. The first kappa shape index (κ1) is 17.5. The standard InChI is InChI=1S/C17H27N3O3S/c1-13-16(24(22,23)20-10-6-3-7-11-20)12-15(19(13)2)17(21)18-14-8-4-5-9-14/h12,14H,3-11H2,1-2H3,(H,18,21). The normalized spacial score (nSPS) is 20.4. The summed E-state index contributed by atoms with van der Waals surface area (Å²) >= 11 is 0. The lowest BCUT2D eigenvalue weighted by Crippen LogP contribution is -2.35. The Morgan fingerprint density at radius 1 is 1.12 bits per heavy atom. The average molecular weight is 353 g/mol. The second-order valence-corrected chi connectivity index (χ2v) is 8.86. The minimum absolute atomic E-state index is 0.174. The molecule has 7 heteroatoms. The molecule has 0 unspecified atom stereocenters. The zero-order chi connectivity index (χ0) is 17.3. The number of sulfonamides is 1. The van der Waals surface area contributed by atoms with E-state index >= 15 is 0 Å². The Morgan fingerprint density at radius 2 is 1.75 bits per heavy atom. The number of carbonyl (C=O) groups excluding carboxylic acids is 1. The molecule has 0 bridgehead atoms. The molecule has 1 aliphatic carbocycles. The van der Waals surface area contributed by atoms with Gasteiger partial charge < -0.3 is 9.88 Å². The molecule has 1 aliphatic heterocycles. The highest BCUT2D eigenvalue weighted by Gasteiger charge is 2.31. The van der Waals surface area contributed by atoms with Gasteiger partial charge in [0.1, 0.15) is 10.6 Å². The maximum atomic E-state index is 12.9. The Bertz CT molecular complexity index is 712. The number of hydrogen-bond donors (Lipinski definition) is 1. The molecule has 0 spiro atoms. The quantitative estimate of drug-likeness (QED) is 0.902. The Hall–Kier alpha value is -1.34. The highest BCUT2D eigenvalue weighted by atomic mass is 32.2. The Balaban J connectivity index is 1.85. The van der Waals surface area contributed by atoms with Crippen molar-refractivity contribution in [1.82, 2.24) is 14.2 Å². The van der Waals surface area contributed by atoms with E-state index in [0.29, 0.717) is 24.5 Å². The molecule has 2 heterocycles. The van der Waals surface area contributed by atoms with E-state index in [2.05, 4.69) is 5.32 Å². The fourth-order valence-corrected chi connectivity index (χ4v) is 5.51. The van der Waals surface area contributed by atoms with Gasteiger partial charge in [-0.15, -0.1) is 0 Å². The van der Waals surface area contributed by atoms with Gasteiger partial charge in [-0.25, -0.2) is 8.42 Å². The van der Waals surface area contributed by atoms with Gasteiger partial charge in [0.15, 0.2) is 0 Å². The Labute approximate surface area is 144 Å². The number of nitrogens with zero attached hydrogens (tertiary/aromatic N) is 2. The van der Waals surface area contributed by atoms with Crippen molar-refractivity contribution in [2.75, 3.05) is 13.1 Å². The van der Waals surface area contributed by atoms with Crippen molar-refractivity contribution in [2.45, 2.75) is 62.8 Å². The van der Waals surface area contributed by atoms with E-state index < -0.39 is 10.0 Å². The zero-order valence-corrected chi connectivity index (χ0v) is 15.4. The third kappa shape index (κ3) is 3.24. The zero-order valence-electron chi connectivity index (χ0n) is 14.5. The Kier molecular flexibility index (Phi) is 5.01. The van der Waals surface area contributed by atoms with Crippen LogP contribution in [0.5, 0.6) is 0 Å². The van der Waals surface area contributed by atoms with Gasteiger partial charge in [0, 0.05) is 31.9 Å². The van der Waals surface area contributed by atoms with Gasteiger partial charge >= 0.3 is 0 Å². The molecule has 134 valence electrons. The number of rotatable bonds is 4. The van der Waals surface area contributed by atoms with Crippen LogP contribution in [0.1, 0.15) is 61.1 Å². The molecule has 0 radical (unpaired) electrons. The first-order valence-electron chi connectivity index (χ1n) is 8.88. The minimum atomic E-state index is -3.52. The van der Waals surface area contributed by atoms with Gasteiger partial charge in [-0.2, -0.15) is 4.31 Å². The van der Waals surface area contributed by atoms with Crippen LogP contribution in [0.25, 0.3) is 0 Å². The van der Waals surface area contributed by atoms with Gasteiger partial charge in [0.05, 0.1) is 0 Å². The fourth-order valence-electron chi connectivity index (χ4n) is 3.72. The van der Waals surface area contributed by atoms with E-state index in [-0.39, 0.29) is 16.8 Å². The molecule has 6 nitrogen and oxygen atoms in total. The smallest absolute Gasteiger partial charge is 0.268 e. The maximum Gasteiger partial charge on any atom is 0.268 e. The summed E-state index contributed by atoms with van der Waals surface area (Å²) in [6, 6.07) is 1.76. The molecule has 1 amide bonds. The van der Waals surface area contributed by atoms with E-state index in [1.165, 1.54) is 0 Å². The van der Waals surface area contributed by atoms with Gasteiger partial charge in [-0.3, -0.25) is 4.79 Å². The number of piperidine rings is 1. The lowest BCUT2D eigenvalue weighted by Gasteiger charge is -2.25. The third-order valence-electron chi connectivity index (χ3n) is 5.34. The number of amides is 1. The van der Waals surface area contributed by atoms with E-state index in [4.69, 9.17) is 0 Å². The first-order chi connectivity index (χ1) is 11.4. The second kappa shape index (κ2) is 6.88. The summed E-state index contributed by atoms with van der Waals surface area (Å²) in [5.41, 5.74) is 1.05. The number of aromatic nitrogens is 1. The SMILES string of the molecule is Cc1c(S(=O)(=O)N2CCCCC2)cc(C(=O)NC2CCCC2)n1C. The molecular weight excluding hydrogens is 326 g/mol. The van der Waals surface area contributed by atoms with Gasteiger partial charge in [-0.05, 0) is 38.7 Å². The van der Waals surface area contributed by atoms with Crippen molar-refractivity contribution < 1.29 is 13.2 Å². The van der Waals surface area contributed by atoms with Crippen LogP contribution in [0.3, 0.4) is 0 Å². The predicted molar refractivity (Wildman–Crippen MR) is 92.5 cm³/mol. The maximum absolute atomic E-state index is 12.9. The first-order valence-corrected chi connectivity index (χ1v) is 10.3. The monoisotopic (exact) mass is 353 g/mol. The van der Waals surface area contributed by atoms with Crippen molar-refractivity contribution in [3.8, 4) is 0 Å². The summed E-state index contributed by atoms with van der Waals surface area (Å²) in [4.78, 5) is 12.8. The molecule has 1 aromatic rings. The number of nitrogens with one attached hydrogen (secondary N) is 1. The molecule has 1 saturated heterocycles. The van der Waals surface area contributed by atoms with Crippen LogP contribution in [-0.2, 0) is 17.1 Å². The second-order valence-electron chi connectivity index (χ2n) is 6.96. The molecule has 0 aromatic carbocycles. The van der Waals surface area contributed by atoms with E-state index in [1.807, 2.05) is 0 Å². The molecular formula is C17H27N3O3S. The molecule has 3 rings (SSSR count). The van der Waals surface area contributed by atoms with Gasteiger partial charge in [0.25, 0.3) is 5.91 Å². The summed E-state index contributed by atoms with van der Waals surface area (Å²) in [5, 5.41) is 3.04. The van der Waals surface area contributed by atoms with Crippen LogP contribution in [0.4, 0.5) is 0 Å². The lowest BCUT2D eigenvalue weighted by molar-refractivity contribution is 0.0929. The molecule has 1 aromatic heterocycles. The molecule has 1 N–H and O–H groups in total. The van der Waals surface area contributed by atoms with Gasteiger partial charge in [0.2, 0.25) is 10.0 Å². The minimum Gasteiger partial charge on any atom is -0.348 e. The summed E-state index contributed by atoms with van der Waals surface area (Å²) in [6.07, 6.45) is 7.19. The van der Waals surface area contributed by atoms with Crippen molar-refractivity contribution in [3.05, 3.63) is 17.5 Å². The van der Waals surface area contributed by atoms with Crippen molar-refractivity contribution in [2.24, 2.45) is 7.05 Å². The van der Waals surface area contributed by atoms with E-state index in [1.54, 1.807) is 28.9 Å². The average Bonchev–Trinajstić information content (AvgIpc) is 3.18. The Morgan fingerprint density at radius 3 is 2.38 bits per heavy atom. The predicted octanol–water partition coefficient (Wildman–Crippen LogP) is 2.18. The summed E-state index contributed by atoms with van der Waals surface area (Å²) in [5.74, 6) is -0.174. The van der Waals surface area contributed by atoms with Crippen molar-refractivity contribution >= 4 is 15.9 Å². The largest absolute Gasteiger partial charge is 0.348 e. The van der Waals surface area contributed by atoms with Crippen LogP contribution in [-0.4, -0.2) is 42.3 Å². The van der Waals surface area contributed by atoms with Crippen LogP contribution in [0.15, 0.2) is 11.0 Å². The summed E-state index contributed by atoms with van der Waals surface area (Å²) in [6.45, 7) is 2.91. The fraction of sp³-hybridized carbons (Fsp3) is 0.706. The number of hydrogen-bond acceptors (Lipinski definition) is 3. The lowest BCUT2D eigenvalue weighted by atomic mass is 10.2. The van der Waals surface area contributed by atoms with Crippen LogP contribution >= 0.6 is 0 Å². The van der Waals surface area contributed by atoms with E-state index in [0.717, 1.165) is 44.9 Å². The summed E-state index contributed by atoms with van der Waals surface area (Å²) < 4.78 is 29.1. The molecule has 2 aliphatic rings. The van der Waals surface area contributed by atoms with Crippen molar-refractivity contribution in [3.63, 3.8) is 0 Å². The van der Waals surface area contributed by atoms with Crippen LogP contribution in [0, 0.1) is 6.92 Å². The highest BCUT2D eigenvalue weighted by Crippen LogP contribution is 2.26. The molecule has 24 heavy (non-hydrogen) atoms.